The molecule has 4 heteroatoms. The van der Waals surface area contributed by atoms with E-state index in [2.05, 4.69) is 5.32 Å². The molecule has 0 radical (unpaired) electrons. The first-order valence-corrected chi connectivity index (χ1v) is 5.68. The highest BCUT2D eigenvalue weighted by Crippen LogP contribution is 2.10. The summed E-state index contributed by atoms with van der Waals surface area (Å²) in [7, 11) is 1.95. The zero-order chi connectivity index (χ0) is 12.3. The molecule has 1 aromatic heterocycles. The summed E-state index contributed by atoms with van der Waals surface area (Å²) in [6.07, 6.45) is 1.95. The second-order valence-corrected chi connectivity index (χ2v) is 4.24. The first kappa shape index (κ1) is 11.7. The highest BCUT2D eigenvalue weighted by molar-refractivity contribution is 6.30. The van der Waals surface area contributed by atoms with Crippen LogP contribution in [0.15, 0.2) is 42.6 Å². The van der Waals surface area contributed by atoms with Gasteiger partial charge in [0.1, 0.15) is 0 Å². The van der Waals surface area contributed by atoms with Crippen LogP contribution in [-0.2, 0) is 13.6 Å². The molecule has 1 heterocycles. The summed E-state index contributed by atoms with van der Waals surface area (Å²) in [5.41, 5.74) is 1.63. The third-order valence-corrected chi connectivity index (χ3v) is 2.80. The lowest BCUT2D eigenvalue weighted by Gasteiger charge is -2.06. The maximum atomic E-state index is 11.8. The molecule has 0 aliphatic carbocycles. The van der Waals surface area contributed by atoms with E-state index in [9.17, 15) is 4.79 Å². The SMILES string of the molecule is Cn1cccc1CNC(=O)c1cccc(Cl)c1. The number of rotatable bonds is 3. The van der Waals surface area contributed by atoms with Gasteiger partial charge in [-0.25, -0.2) is 0 Å². The van der Waals surface area contributed by atoms with Crippen molar-refractivity contribution in [3.63, 3.8) is 0 Å². The number of benzene rings is 1. The lowest BCUT2D eigenvalue weighted by atomic mass is 10.2. The van der Waals surface area contributed by atoms with Crippen molar-refractivity contribution in [2.24, 2.45) is 7.05 Å². The summed E-state index contributed by atoms with van der Waals surface area (Å²) < 4.78 is 1.97. The van der Waals surface area contributed by atoms with Gasteiger partial charge in [-0.2, -0.15) is 0 Å². The maximum absolute atomic E-state index is 11.8. The predicted molar refractivity (Wildman–Crippen MR) is 68.0 cm³/mol. The number of carbonyl (C=O) groups excluding carboxylic acids is 1. The van der Waals surface area contributed by atoms with E-state index in [-0.39, 0.29) is 5.91 Å². The van der Waals surface area contributed by atoms with Crippen molar-refractivity contribution in [2.75, 3.05) is 0 Å². The van der Waals surface area contributed by atoms with Crippen molar-refractivity contribution in [3.05, 3.63) is 58.9 Å². The van der Waals surface area contributed by atoms with E-state index < -0.39 is 0 Å². The third kappa shape index (κ3) is 2.88. The number of halogens is 1. The maximum Gasteiger partial charge on any atom is 0.251 e. The largest absolute Gasteiger partial charge is 0.353 e. The number of aromatic nitrogens is 1. The highest BCUT2D eigenvalue weighted by Gasteiger charge is 2.06. The van der Waals surface area contributed by atoms with Crippen LogP contribution in [0.4, 0.5) is 0 Å². The number of hydrogen-bond acceptors (Lipinski definition) is 1. The Balaban J connectivity index is 2.01. The minimum Gasteiger partial charge on any atom is -0.353 e. The molecule has 0 bridgehead atoms. The number of amides is 1. The van der Waals surface area contributed by atoms with E-state index in [0.717, 1.165) is 5.69 Å². The number of carbonyl (C=O) groups is 1. The fraction of sp³-hybridized carbons (Fsp3) is 0.154. The number of hydrogen-bond donors (Lipinski definition) is 1. The fourth-order valence-corrected chi connectivity index (χ4v) is 1.77. The molecule has 2 aromatic rings. The Morgan fingerprint density at radius 2 is 2.18 bits per heavy atom. The normalized spacial score (nSPS) is 10.2. The molecule has 0 unspecified atom stereocenters. The zero-order valence-electron chi connectivity index (χ0n) is 9.48. The van der Waals surface area contributed by atoms with Crippen molar-refractivity contribution in [3.8, 4) is 0 Å². The van der Waals surface area contributed by atoms with Crippen molar-refractivity contribution >= 4 is 17.5 Å². The Bertz CT molecular complexity index is 534. The molecule has 0 aliphatic rings. The molecule has 0 spiro atoms. The smallest absolute Gasteiger partial charge is 0.251 e. The summed E-state index contributed by atoms with van der Waals surface area (Å²) in [5, 5.41) is 3.42. The van der Waals surface area contributed by atoms with Gasteiger partial charge in [-0.15, -0.1) is 0 Å². The molecule has 0 saturated heterocycles. The molecule has 0 aliphatic heterocycles. The lowest BCUT2D eigenvalue weighted by Crippen LogP contribution is -2.23. The van der Waals surface area contributed by atoms with Gasteiger partial charge in [0, 0.05) is 29.5 Å². The van der Waals surface area contributed by atoms with Gasteiger partial charge in [0.05, 0.1) is 6.54 Å². The Morgan fingerprint density at radius 1 is 1.35 bits per heavy atom. The van der Waals surface area contributed by atoms with Crippen LogP contribution in [-0.4, -0.2) is 10.5 Å². The van der Waals surface area contributed by atoms with E-state index in [0.29, 0.717) is 17.1 Å². The van der Waals surface area contributed by atoms with Gasteiger partial charge in [-0.3, -0.25) is 4.79 Å². The summed E-state index contributed by atoms with van der Waals surface area (Å²) in [6, 6.07) is 10.8. The number of nitrogens with one attached hydrogen (secondary N) is 1. The van der Waals surface area contributed by atoms with Crippen LogP contribution >= 0.6 is 11.6 Å². The minimum atomic E-state index is -0.117. The Labute approximate surface area is 105 Å². The standard InChI is InChI=1S/C13H13ClN2O/c1-16-7-3-6-12(16)9-15-13(17)10-4-2-5-11(14)8-10/h2-8H,9H2,1H3,(H,15,17). The quantitative estimate of drug-likeness (QED) is 0.890. The summed E-state index contributed by atoms with van der Waals surface area (Å²) in [4.78, 5) is 11.8. The van der Waals surface area contributed by atoms with Crippen LogP contribution in [0.5, 0.6) is 0 Å². The number of nitrogens with zero attached hydrogens (tertiary/aromatic N) is 1. The van der Waals surface area contributed by atoms with Gasteiger partial charge < -0.3 is 9.88 Å². The first-order chi connectivity index (χ1) is 8.16. The molecule has 1 aromatic carbocycles. The van der Waals surface area contributed by atoms with E-state index in [1.165, 1.54) is 0 Å². The van der Waals surface area contributed by atoms with Crippen LogP contribution in [0.2, 0.25) is 5.02 Å². The topological polar surface area (TPSA) is 34.0 Å². The molecule has 2 rings (SSSR count). The number of aryl methyl sites for hydroxylation is 1. The van der Waals surface area contributed by atoms with Crippen LogP contribution in [0.1, 0.15) is 16.1 Å². The average Bonchev–Trinajstić information content (AvgIpc) is 2.72. The third-order valence-electron chi connectivity index (χ3n) is 2.57. The van der Waals surface area contributed by atoms with Gasteiger partial charge in [0.25, 0.3) is 5.91 Å². The van der Waals surface area contributed by atoms with Crippen molar-refractivity contribution in [1.82, 2.24) is 9.88 Å². The van der Waals surface area contributed by atoms with Crippen molar-refractivity contribution < 1.29 is 4.79 Å². The second kappa shape index (κ2) is 5.06. The van der Waals surface area contributed by atoms with Crippen LogP contribution in [0.3, 0.4) is 0 Å². The first-order valence-electron chi connectivity index (χ1n) is 5.31. The molecule has 0 atom stereocenters. The van der Waals surface area contributed by atoms with E-state index in [1.54, 1.807) is 24.3 Å². The van der Waals surface area contributed by atoms with Crippen molar-refractivity contribution in [1.29, 1.82) is 0 Å². The fourth-order valence-electron chi connectivity index (χ4n) is 1.58. The molecule has 0 saturated carbocycles. The molecule has 0 fully saturated rings. The van der Waals surface area contributed by atoms with E-state index in [1.807, 2.05) is 29.9 Å². The van der Waals surface area contributed by atoms with E-state index >= 15 is 0 Å². The van der Waals surface area contributed by atoms with Gasteiger partial charge >= 0.3 is 0 Å². The minimum absolute atomic E-state index is 0.117. The van der Waals surface area contributed by atoms with Gasteiger partial charge in [0.15, 0.2) is 0 Å². The molecule has 1 amide bonds. The summed E-state index contributed by atoms with van der Waals surface area (Å²) in [5.74, 6) is -0.117. The van der Waals surface area contributed by atoms with Gasteiger partial charge in [-0.1, -0.05) is 17.7 Å². The van der Waals surface area contributed by atoms with Gasteiger partial charge in [0.2, 0.25) is 0 Å². The monoisotopic (exact) mass is 248 g/mol. The molecular formula is C13H13ClN2O. The van der Waals surface area contributed by atoms with E-state index in [4.69, 9.17) is 11.6 Å². The predicted octanol–water partition coefficient (Wildman–Crippen LogP) is 2.61. The average molecular weight is 249 g/mol. The van der Waals surface area contributed by atoms with Gasteiger partial charge in [-0.05, 0) is 30.3 Å². The van der Waals surface area contributed by atoms with Crippen LogP contribution in [0, 0.1) is 0 Å². The molecule has 88 valence electrons. The molecule has 1 N–H and O–H groups in total. The molecule has 17 heavy (non-hydrogen) atoms. The summed E-state index contributed by atoms with van der Waals surface area (Å²) >= 11 is 5.83. The zero-order valence-corrected chi connectivity index (χ0v) is 10.2. The molecule has 3 nitrogen and oxygen atoms in total. The lowest BCUT2D eigenvalue weighted by molar-refractivity contribution is 0.0950. The second-order valence-electron chi connectivity index (χ2n) is 3.80. The highest BCUT2D eigenvalue weighted by atomic mass is 35.5. The van der Waals surface area contributed by atoms with Crippen LogP contribution < -0.4 is 5.32 Å². The van der Waals surface area contributed by atoms with Crippen LogP contribution in [0.25, 0.3) is 0 Å². The molecular weight excluding hydrogens is 236 g/mol. The Kier molecular flexibility index (Phi) is 3.49. The Morgan fingerprint density at radius 3 is 2.82 bits per heavy atom. The Hall–Kier alpha value is -1.74. The van der Waals surface area contributed by atoms with Crippen molar-refractivity contribution in [2.45, 2.75) is 6.54 Å². The summed E-state index contributed by atoms with van der Waals surface area (Å²) in [6.45, 7) is 0.509.